The number of carbonyl (C=O) groups excluding carboxylic acids is 2. The van der Waals surface area contributed by atoms with Crippen molar-refractivity contribution in [2.75, 3.05) is 13.2 Å². The van der Waals surface area contributed by atoms with Gasteiger partial charge in [0.25, 0.3) is 5.91 Å². The first kappa shape index (κ1) is 22.8. The van der Waals surface area contributed by atoms with E-state index in [9.17, 15) is 14.4 Å². The molecule has 1 N–H and O–H groups in total. The van der Waals surface area contributed by atoms with Gasteiger partial charge < -0.3 is 10.1 Å². The molecule has 1 aromatic heterocycles. The van der Waals surface area contributed by atoms with Crippen molar-refractivity contribution in [1.29, 1.82) is 0 Å². The number of rotatable bonds is 9. The van der Waals surface area contributed by atoms with E-state index >= 15 is 0 Å². The Morgan fingerprint density at radius 3 is 2.42 bits per heavy atom. The number of nitrogens with one attached hydrogen (secondary N) is 1. The normalized spacial score (nSPS) is 12.8. The molecule has 1 aliphatic rings. The summed E-state index contributed by atoms with van der Waals surface area (Å²) in [5, 5.41) is 7.74. The number of fused-ring (bicyclic) bond motifs is 1. The molecule has 0 spiro atoms. The van der Waals surface area contributed by atoms with Crippen molar-refractivity contribution >= 4 is 23.3 Å². The number of aromatic nitrogens is 3. The lowest BCUT2D eigenvalue weighted by Crippen LogP contribution is -2.31. The fourth-order valence-electron chi connectivity index (χ4n) is 3.72. The number of amides is 1. The van der Waals surface area contributed by atoms with Crippen LogP contribution in [0.1, 0.15) is 41.0 Å². The molecule has 0 aliphatic carbocycles. The summed E-state index contributed by atoms with van der Waals surface area (Å²) in [5.74, 6) is 0.971. The summed E-state index contributed by atoms with van der Waals surface area (Å²) in [5.41, 5.74) is 0.994. The first-order valence-corrected chi connectivity index (χ1v) is 11.4. The molecule has 1 aliphatic heterocycles. The van der Waals surface area contributed by atoms with Crippen LogP contribution in [0.2, 0.25) is 5.02 Å². The molecule has 0 radical (unpaired) electrons. The summed E-state index contributed by atoms with van der Waals surface area (Å²) >= 11 is 5.86. The number of nitrogens with zero attached hydrogens (tertiary/aromatic N) is 3. The van der Waals surface area contributed by atoms with E-state index in [1.54, 1.807) is 53.1 Å². The van der Waals surface area contributed by atoms with Crippen molar-refractivity contribution in [1.82, 2.24) is 19.7 Å². The van der Waals surface area contributed by atoms with E-state index in [1.807, 2.05) is 0 Å². The maximum atomic E-state index is 12.5. The second-order valence-electron chi connectivity index (χ2n) is 7.88. The zero-order chi connectivity index (χ0) is 23.2. The molecule has 4 rings (SSSR count). The molecule has 0 saturated carbocycles. The molecule has 0 fully saturated rings. The number of hydrogen-bond donors (Lipinski definition) is 1. The predicted octanol–water partition coefficient (Wildman–Crippen LogP) is 2.85. The van der Waals surface area contributed by atoms with E-state index in [-0.39, 0.29) is 24.0 Å². The topological polar surface area (TPSA) is 95.2 Å². The minimum absolute atomic E-state index is 0.0719. The Kier molecular flexibility index (Phi) is 7.24. The van der Waals surface area contributed by atoms with Crippen molar-refractivity contribution in [3.05, 3.63) is 81.0 Å². The van der Waals surface area contributed by atoms with Crippen LogP contribution in [0.5, 0.6) is 5.75 Å². The molecule has 0 atom stereocenters. The second kappa shape index (κ2) is 10.5. The molecule has 0 bridgehead atoms. The maximum Gasteiger partial charge on any atom is 0.345 e. The molecule has 9 heteroatoms. The van der Waals surface area contributed by atoms with E-state index in [2.05, 4.69) is 10.4 Å². The largest absolute Gasteiger partial charge is 0.484 e. The van der Waals surface area contributed by atoms with Gasteiger partial charge in [-0.15, -0.1) is 0 Å². The first-order valence-electron chi connectivity index (χ1n) is 11.0. The summed E-state index contributed by atoms with van der Waals surface area (Å²) in [6.07, 6.45) is 3.51. The molecule has 3 aromatic rings. The average Bonchev–Trinajstić information content (AvgIpc) is 3.16. The van der Waals surface area contributed by atoms with Gasteiger partial charge >= 0.3 is 5.69 Å². The Morgan fingerprint density at radius 2 is 1.73 bits per heavy atom. The van der Waals surface area contributed by atoms with Gasteiger partial charge in [-0.1, -0.05) is 11.6 Å². The van der Waals surface area contributed by atoms with Gasteiger partial charge in [-0.25, -0.2) is 9.48 Å². The van der Waals surface area contributed by atoms with Gasteiger partial charge in [0.15, 0.2) is 12.4 Å². The number of aryl methyl sites for hydroxylation is 2. The van der Waals surface area contributed by atoms with Crippen LogP contribution in [-0.2, 0) is 24.3 Å². The van der Waals surface area contributed by atoms with E-state index in [0.717, 1.165) is 31.6 Å². The molecule has 0 unspecified atom stereocenters. The molecule has 2 heterocycles. The van der Waals surface area contributed by atoms with Crippen LogP contribution in [0.4, 0.5) is 0 Å². The summed E-state index contributed by atoms with van der Waals surface area (Å²) < 4.78 is 8.72. The second-order valence-corrected chi connectivity index (χ2v) is 8.32. The van der Waals surface area contributed by atoms with E-state index in [0.29, 0.717) is 41.4 Å². The minimum Gasteiger partial charge on any atom is -0.484 e. The molecule has 8 nitrogen and oxygen atoms in total. The Balaban J connectivity index is 1.19. The lowest BCUT2D eigenvalue weighted by atomic mass is 10.0. The number of benzene rings is 2. The fourth-order valence-corrected chi connectivity index (χ4v) is 3.85. The van der Waals surface area contributed by atoms with E-state index < -0.39 is 0 Å². The van der Waals surface area contributed by atoms with Crippen LogP contribution in [0, 0.1) is 0 Å². The lowest BCUT2D eigenvalue weighted by molar-refractivity contribution is -0.123. The monoisotopic (exact) mass is 468 g/mol. The van der Waals surface area contributed by atoms with Gasteiger partial charge in [-0.3, -0.25) is 14.2 Å². The van der Waals surface area contributed by atoms with Crippen LogP contribution in [0.25, 0.3) is 0 Å². The van der Waals surface area contributed by atoms with Crippen LogP contribution >= 0.6 is 11.6 Å². The molecule has 2 aromatic carbocycles. The minimum atomic E-state index is -0.257. The van der Waals surface area contributed by atoms with Crippen LogP contribution in [0.15, 0.2) is 53.3 Å². The lowest BCUT2D eigenvalue weighted by Gasteiger charge is -2.09. The van der Waals surface area contributed by atoms with Gasteiger partial charge in [-0.2, -0.15) is 5.10 Å². The van der Waals surface area contributed by atoms with Gasteiger partial charge in [-0.05, 0) is 67.8 Å². The van der Waals surface area contributed by atoms with Gasteiger partial charge in [0.05, 0.1) is 0 Å². The van der Waals surface area contributed by atoms with Gasteiger partial charge in [0.1, 0.15) is 11.6 Å². The predicted molar refractivity (Wildman–Crippen MR) is 124 cm³/mol. The van der Waals surface area contributed by atoms with E-state index in [1.165, 1.54) is 4.68 Å². The summed E-state index contributed by atoms with van der Waals surface area (Å²) in [6, 6.07) is 13.3. The third kappa shape index (κ3) is 5.70. The Morgan fingerprint density at radius 1 is 1.03 bits per heavy atom. The van der Waals surface area contributed by atoms with Crippen molar-refractivity contribution in [2.24, 2.45) is 0 Å². The molecule has 1 amide bonds. The van der Waals surface area contributed by atoms with Crippen LogP contribution in [-0.4, -0.2) is 39.2 Å². The highest BCUT2D eigenvalue weighted by Crippen LogP contribution is 2.17. The quantitative estimate of drug-likeness (QED) is 0.385. The molecule has 0 saturated heterocycles. The molecular formula is C24H25ClN4O4. The van der Waals surface area contributed by atoms with Gasteiger partial charge in [0.2, 0.25) is 0 Å². The Labute approximate surface area is 196 Å². The zero-order valence-electron chi connectivity index (χ0n) is 18.1. The summed E-state index contributed by atoms with van der Waals surface area (Å²) in [7, 11) is 0. The zero-order valence-corrected chi connectivity index (χ0v) is 18.9. The van der Waals surface area contributed by atoms with Crippen molar-refractivity contribution in [3.8, 4) is 5.75 Å². The molecular weight excluding hydrogens is 444 g/mol. The number of ketones is 1. The fraction of sp³-hybridized carbons (Fsp3) is 0.333. The average molecular weight is 469 g/mol. The summed E-state index contributed by atoms with van der Waals surface area (Å²) in [4.78, 5) is 36.8. The number of carbonyl (C=O) groups is 2. The first-order chi connectivity index (χ1) is 16.0. The van der Waals surface area contributed by atoms with Crippen molar-refractivity contribution in [2.45, 2.75) is 38.8 Å². The maximum absolute atomic E-state index is 12.5. The van der Waals surface area contributed by atoms with E-state index in [4.69, 9.17) is 16.3 Å². The third-order valence-corrected chi connectivity index (χ3v) is 5.75. The smallest absolute Gasteiger partial charge is 0.345 e. The molecule has 172 valence electrons. The molecule has 33 heavy (non-hydrogen) atoms. The standard InChI is InChI=1S/C24H25ClN4O4/c25-19-9-5-17(6-10-19)23(31)18-7-11-20(12-8-18)33-16-22(30)26-13-3-15-29-24(32)28-14-2-1-4-21(28)27-29/h5-12H,1-4,13-16H2,(H,26,30). The Bertz CT molecular complexity index is 1180. The number of halogens is 1. The van der Waals surface area contributed by atoms with Crippen LogP contribution < -0.4 is 15.7 Å². The number of ether oxygens (including phenoxy) is 1. The Hall–Kier alpha value is -3.39. The highest BCUT2D eigenvalue weighted by atomic mass is 35.5. The van der Waals surface area contributed by atoms with Crippen molar-refractivity contribution in [3.63, 3.8) is 0 Å². The third-order valence-electron chi connectivity index (χ3n) is 5.49. The SMILES string of the molecule is O=C(COc1ccc(C(=O)c2ccc(Cl)cc2)cc1)NCCCn1nc2n(c1=O)CCCC2. The van der Waals surface area contributed by atoms with Crippen LogP contribution in [0.3, 0.4) is 0 Å². The highest BCUT2D eigenvalue weighted by molar-refractivity contribution is 6.30. The summed E-state index contributed by atoms with van der Waals surface area (Å²) in [6.45, 7) is 1.48. The van der Waals surface area contributed by atoms with Gasteiger partial charge in [0, 0.05) is 42.2 Å². The van der Waals surface area contributed by atoms with Crippen molar-refractivity contribution < 1.29 is 14.3 Å². The highest BCUT2D eigenvalue weighted by Gasteiger charge is 2.16. The number of hydrogen-bond acceptors (Lipinski definition) is 5.